The van der Waals surface area contributed by atoms with Crippen molar-refractivity contribution in [2.45, 2.75) is 104 Å². The van der Waals surface area contributed by atoms with Crippen molar-refractivity contribution < 1.29 is 14.3 Å². The predicted octanol–water partition coefficient (Wildman–Crippen LogP) is 6.33. The van der Waals surface area contributed by atoms with Gasteiger partial charge >= 0.3 is 0 Å². The molecule has 3 aliphatic rings. The highest BCUT2D eigenvalue weighted by Gasteiger charge is 2.56. The lowest BCUT2D eigenvalue weighted by Gasteiger charge is -2.52. The Bertz CT molecular complexity index is 1070. The Hall–Kier alpha value is -1.82. The zero-order valence-corrected chi connectivity index (χ0v) is 21.7. The molecule has 1 heterocycles. The SMILES string of the molecule is CCCC[C@@](C)(O)C[C@@H]1CC[C@@H]2[C@H](CC[C@]3(C)[C@@H](C(=O)Cn4nnc5c(F)cccc54)CC[C@@H]23)C1. The summed E-state index contributed by atoms with van der Waals surface area (Å²) in [7, 11) is 0. The number of unbranched alkanes of at least 4 members (excludes halogenated alkanes) is 1. The van der Waals surface area contributed by atoms with E-state index in [1.54, 1.807) is 16.8 Å². The lowest BCUT2D eigenvalue weighted by Crippen LogP contribution is -2.46. The van der Waals surface area contributed by atoms with Crippen LogP contribution >= 0.6 is 0 Å². The van der Waals surface area contributed by atoms with E-state index in [9.17, 15) is 14.3 Å². The van der Waals surface area contributed by atoms with Crippen molar-refractivity contribution in [3.8, 4) is 0 Å². The van der Waals surface area contributed by atoms with Gasteiger partial charge < -0.3 is 5.11 Å². The largest absolute Gasteiger partial charge is 0.390 e. The molecule has 192 valence electrons. The van der Waals surface area contributed by atoms with Crippen LogP contribution in [-0.2, 0) is 11.3 Å². The molecule has 1 N–H and O–H groups in total. The Labute approximate surface area is 208 Å². The van der Waals surface area contributed by atoms with Gasteiger partial charge in [-0.2, -0.15) is 0 Å². The molecule has 3 fully saturated rings. The van der Waals surface area contributed by atoms with Crippen LogP contribution in [0.5, 0.6) is 0 Å². The fourth-order valence-corrected chi connectivity index (χ4v) is 8.40. The fraction of sp³-hybridized carbons (Fsp3) is 0.759. The minimum absolute atomic E-state index is 0.0498. The molecule has 3 saturated carbocycles. The average molecular weight is 484 g/mol. The van der Waals surface area contributed by atoms with E-state index < -0.39 is 11.4 Å². The smallest absolute Gasteiger partial charge is 0.157 e. The van der Waals surface area contributed by atoms with Crippen LogP contribution in [0, 0.1) is 40.8 Å². The number of nitrogens with zero attached hydrogens (tertiary/aromatic N) is 3. The van der Waals surface area contributed by atoms with Crippen molar-refractivity contribution >= 4 is 16.8 Å². The second-order valence-corrected chi connectivity index (χ2v) is 12.5. The molecule has 2 aromatic rings. The fourth-order valence-electron chi connectivity index (χ4n) is 8.40. The van der Waals surface area contributed by atoms with Crippen LogP contribution in [0.1, 0.15) is 91.4 Å². The third-order valence-corrected chi connectivity index (χ3v) is 10.1. The molecule has 6 heteroatoms. The van der Waals surface area contributed by atoms with Crippen molar-refractivity contribution in [1.82, 2.24) is 15.0 Å². The number of hydrogen-bond donors (Lipinski definition) is 1. The van der Waals surface area contributed by atoms with E-state index in [2.05, 4.69) is 24.2 Å². The standard InChI is InChI=1S/C29H42FN3O2/c1-4-5-14-28(2,35)17-19-9-10-21-20(16-19)13-15-29(3)22(21)11-12-23(29)26(34)18-33-25-8-6-7-24(30)27(25)31-32-33/h6-8,19-23,35H,4-5,9-18H2,1-3H3/t19-,20-,21-,22+,23-,28-,29+/m1/s1. The summed E-state index contributed by atoms with van der Waals surface area (Å²) in [6.45, 7) is 6.76. The second-order valence-electron chi connectivity index (χ2n) is 12.5. The number of ketones is 1. The molecule has 1 aromatic carbocycles. The Morgan fingerprint density at radius 2 is 2.09 bits per heavy atom. The first-order valence-electron chi connectivity index (χ1n) is 13.9. The van der Waals surface area contributed by atoms with E-state index in [0.29, 0.717) is 23.3 Å². The van der Waals surface area contributed by atoms with E-state index in [1.165, 1.54) is 31.7 Å². The molecule has 0 radical (unpaired) electrons. The molecule has 0 saturated heterocycles. The molecular formula is C29H42FN3O2. The molecule has 35 heavy (non-hydrogen) atoms. The molecule has 5 rings (SSSR count). The minimum Gasteiger partial charge on any atom is -0.390 e. The third kappa shape index (κ3) is 4.68. The Morgan fingerprint density at radius 3 is 2.89 bits per heavy atom. The van der Waals surface area contributed by atoms with Crippen molar-refractivity contribution in [1.29, 1.82) is 0 Å². The summed E-state index contributed by atoms with van der Waals surface area (Å²) in [6, 6.07) is 4.81. The van der Waals surface area contributed by atoms with Gasteiger partial charge in [0.15, 0.2) is 11.6 Å². The van der Waals surface area contributed by atoms with Gasteiger partial charge in [0.1, 0.15) is 12.1 Å². The summed E-state index contributed by atoms with van der Waals surface area (Å²) in [6.07, 6.45) is 12.2. The first-order chi connectivity index (χ1) is 16.7. The topological polar surface area (TPSA) is 68.0 Å². The van der Waals surface area contributed by atoms with Crippen LogP contribution in [0.2, 0.25) is 0 Å². The van der Waals surface area contributed by atoms with E-state index >= 15 is 0 Å². The number of aliphatic hydroxyl groups is 1. The van der Waals surface area contributed by atoms with E-state index in [0.717, 1.165) is 50.9 Å². The number of benzene rings is 1. The summed E-state index contributed by atoms with van der Waals surface area (Å²) < 4.78 is 15.6. The van der Waals surface area contributed by atoms with E-state index in [1.807, 2.05) is 6.92 Å². The van der Waals surface area contributed by atoms with Gasteiger partial charge in [-0.25, -0.2) is 9.07 Å². The second kappa shape index (κ2) is 9.57. The molecule has 3 aliphatic carbocycles. The Balaban J connectivity index is 1.24. The van der Waals surface area contributed by atoms with Crippen LogP contribution in [-0.4, -0.2) is 31.5 Å². The summed E-state index contributed by atoms with van der Waals surface area (Å²) in [5, 5.41) is 19.0. The first-order valence-corrected chi connectivity index (χ1v) is 13.9. The number of rotatable bonds is 8. The number of carbonyl (C=O) groups is 1. The van der Waals surface area contributed by atoms with Crippen LogP contribution in [0.3, 0.4) is 0 Å². The highest BCUT2D eigenvalue weighted by molar-refractivity contribution is 5.84. The molecule has 1 aromatic heterocycles. The van der Waals surface area contributed by atoms with Crippen LogP contribution in [0.15, 0.2) is 18.2 Å². The molecule has 0 amide bonds. The highest BCUT2D eigenvalue weighted by Crippen LogP contribution is 2.62. The summed E-state index contributed by atoms with van der Waals surface area (Å²) in [5.74, 6) is 2.58. The molecular weight excluding hydrogens is 441 g/mol. The summed E-state index contributed by atoms with van der Waals surface area (Å²) in [5.41, 5.74) is 0.353. The molecule has 0 aliphatic heterocycles. The number of hydrogen-bond acceptors (Lipinski definition) is 4. The number of fused-ring (bicyclic) bond motifs is 4. The van der Waals surface area contributed by atoms with Crippen LogP contribution < -0.4 is 0 Å². The van der Waals surface area contributed by atoms with Gasteiger partial charge in [-0.1, -0.05) is 44.4 Å². The number of Topliss-reactive ketones (excluding diaryl/α,β-unsaturated/α-hetero) is 1. The monoisotopic (exact) mass is 483 g/mol. The lowest BCUT2D eigenvalue weighted by atomic mass is 9.53. The summed E-state index contributed by atoms with van der Waals surface area (Å²) >= 11 is 0. The predicted molar refractivity (Wildman–Crippen MR) is 135 cm³/mol. The zero-order chi connectivity index (χ0) is 24.8. The summed E-state index contributed by atoms with van der Waals surface area (Å²) in [4.78, 5) is 13.5. The molecule has 7 atom stereocenters. The van der Waals surface area contributed by atoms with Crippen molar-refractivity contribution in [3.63, 3.8) is 0 Å². The Kier molecular flexibility index (Phi) is 6.80. The minimum atomic E-state index is -0.532. The molecule has 0 unspecified atom stereocenters. The van der Waals surface area contributed by atoms with Crippen molar-refractivity contribution in [2.24, 2.45) is 35.0 Å². The van der Waals surface area contributed by atoms with Crippen LogP contribution in [0.25, 0.3) is 11.0 Å². The number of carbonyl (C=O) groups excluding carboxylic acids is 1. The number of halogens is 1. The average Bonchev–Trinajstić information content (AvgIpc) is 3.39. The maximum Gasteiger partial charge on any atom is 0.157 e. The van der Waals surface area contributed by atoms with Gasteiger partial charge in [0.25, 0.3) is 0 Å². The van der Waals surface area contributed by atoms with Crippen molar-refractivity contribution in [2.75, 3.05) is 0 Å². The maximum absolute atomic E-state index is 14.0. The van der Waals surface area contributed by atoms with Gasteiger partial charge in [-0.05, 0) is 99.5 Å². The molecule has 0 spiro atoms. The van der Waals surface area contributed by atoms with E-state index in [-0.39, 0.29) is 29.2 Å². The van der Waals surface area contributed by atoms with Gasteiger partial charge in [0.2, 0.25) is 0 Å². The zero-order valence-electron chi connectivity index (χ0n) is 21.7. The van der Waals surface area contributed by atoms with Gasteiger partial charge in [0, 0.05) is 5.92 Å². The number of aromatic nitrogens is 3. The van der Waals surface area contributed by atoms with Crippen LogP contribution in [0.4, 0.5) is 4.39 Å². The quantitative estimate of drug-likeness (QED) is 0.476. The van der Waals surface area contributed by atoms with E-state index in [4.69, 9.17) is 0 Å². The molecule has 5 nitrogen and oxygen atoms in total. The molecule has 0 bridgehead atoms. The third-order valence-electron chi connectivity index (χ3n) is 10.1. The first kappa shape index (κ1) is 24.9. The van der Waals surface area contributed by atoms with Gasteiger partial charge in [0.05, 0.1) is 11.1 Å². The highest BCUT2D eigenvalue weighted by atomic mass is 19.1. The van der Waals surface area contributed by atoms with Crippen molar-refractivity contribution in [3.05, 3.63) is 24.0 Å². The lowest BCUT2D eigenvalue weighted by molar-refractivity contribution is -0.130. The maximum atomic E-state index is 14.0. The Morgan fingerprint density at radius 1 is 1.26 bits per heavy atom. The van der Waals surface area contributed by atoms with Gasteiger partial charge in [-0.3, -0.25) is 4.79 Å². The normalized spacial score (nSPS) is 34.4. The van der Waals surface area contributed by atoms with Gasteiger partial charge in [-0.15, -0.1) is 5.10 Å².